The number of halogens is 1. The third-order valence-corrected chi connectivity index (χ3v) is 4.52. The summed E-state index contributed by atoms with van der Waals surface area (Å²) in [5.41, 5.74) is 3.28. The molecule has 5 nitrogen and oxygen atoms in total. The summed E-state index contributed by atoms with van der Waals surface area (Å²) in [6.45, 7) is 0.698. The number of nitrogens with zero attached hydrogens (tertiary/aromatic N) is 2. The largest absolute Gasteiger partial charge is 0.384 e. The van der Waals surface area contributed by atoms with Gasteiger partial charge in [0.05, 0.1) is 12.3 Å². The highest BCUT2D eigenvalue weighted by molar-refractivity contribution is 7.14. The van der Waals surface area contributed by atoms with Crippen LogP contribution < -0.4 is 5.32 Å². The lowest BCUT2D eigenvalue weighted by molar-refractivity contribution is 0.102. The molecule has 0 unspecified atom stereocenters. The molecule has 0 aliphatic carbocycles. The van der Waals surface area contributed by atoms with Gasteiger partial charge < -0.3 is 4.74 Å². The molecule has 3 rings (SSSR count). The maximum atomic E-state index is 12.2. The molecule has 0 spiro atoms. The molecule has 0 bridgehead atoms. The molecular weight excluding hydrogens is 358 g/mol. The smallest absolute Gasteiger partial charge is 0.276 e. The minimum absolute atomic E-state index is 0.256. The Balaban J connectivity index is 1.68. The van der Waals surface area contributed by atoms with Gasteiger partial charge in [-0.25, -0.2) is 4.98 Å². The Bertz CT molecular complexity index is 865. The Labute approximate surface area is 154 Å². The van der Waals surface area contributed by atoms with E-state index in [-0.39, 0.29) is 11.6 Å². The van der Waals surface area contributed by atoms with Gasteiger partial charge in [0.25, 0.3) is 5.91 Å². The molecule has 0 aliphatic rings. The van der Waals surface area contributed by atoms with Crippen LogP contribution in [0.15, 0.2) is 48.0 Å². The average Bonchev–Trinajstić information content (AvgIpc) is 3.09. The van der Waals surface area contributed by atoms with E-state index >= 15 is 0 Å². The van der Waals surface area contributed by atoms with E-state index in [0.717, 1.165) is 17.7 Å². The molecule has 0 fully saturated rings. The number of pyridine rings is 1. The molecular formula is C18H16ClN3O2S. The topological polar surface area (TPSA) is 64.1 Å². The lowest BCUT2D eigenvalue weighted by atomic mass is 10.1. The van der Waals surface area contributed by atoms with Crippen molar-refractivity contribution in [3.63, 3.8) is 0 Å². The number of hydrogen-bond acceptors (Lipinski definition) is 5. The van der Waals surface area contributed by atoms with Crippen LogP contribution in [0.25, 0.3) is 11.3 Å². The van der Waals surface area contributed by atoms with Crippen LogP contribution in [0.3, 0.4) is 0 Å². The molecule has 0 saturated carbocycles. The van der Waals surface area contributed by atoms with Crippen LogP contribution in [-0.2, 0) is 11.2 Å². The maximum absolute atomic E-state index is 12.2. The van der Waals surface area contributed by atoms with Crippen molar-refractivity contribution >= 4 is 34.0 Å². The standard InChI is InChI=1S/C18H16ClN3O2S/c1-24-9-7-12-2-4-13(5-3-12)16-11-25-18(21-16)22-17(23)15-10-14(19)6-8-20-15/h2-6,8,10-11H,7,9H2,1H3,(H,21,22,23). The van der Waals surface area contributed by atoms with Gasteiger partial charge in [0, 0.05) is 29.3 Å². The molecule has 3 aromatic rings. The van der Waals surface area contributed by atoms with E-state index in [1.54, 1.807) is 13.2 Å². The summed E-state index contributed by atoms with van der Waals surface area (Å²) in [7, 11) is 1.69. The second kappa shape index (κ2) is 8.20. The number of hydrogen-bond donors (Lipinski definition) is 1. The van der Waals surface area contributed by atoms with Crippen molar-refractivity contribution < 1.29 is 9.53 Å². The van der Waals surface area contributed by atoms with Gasteiger partial charge in [-0.1, -0.05) is 35.9 Å². The van der Waals surface area contributed by atoms with E-state index in [1.165, 1.54) is 29.2 Å². The normalized spacial score (nSPS) is 10.6. The van der Waals surface area contributed by atoms with Gasteiger partial charge in [0.1, 0.15) is 5.69 Å². The van der Waals surface area contributed by atoms with Crippen molar-refractivity contribution in [2.45, 2.75) is 6.42 Å². The van der Waals surface area contributed by atoms with E-state index in [4.69, 9.17) is 16.3 Å². The number of anilines is 1. The third kappa shape index (κ3) is 4.63. The second-order valence-corrected chi connectivity index (χ2v) is 6.59. The van der Waals surface area contributed by atoms with Gasteiger partial charge >= 0.3 is 0 Å². The van der Waals surface area contributed by atoms with Crippen molar-refractivity contribution in [3.8, 4) is 11.3 Å². The zero-order valence-corrected chi connectivity index (χ0v) is 15.1. The molecule has 2 aromatic heterocycles. The Morgan fingerprint density at radius 1 is 1.28 bits per heavy atom. The highest BCUT2D eigenvalue weighted by Gasteiger charge is 2.11. The number of methoxy groups -OCH3 is 1. The summed E-state index contributed by atoms with van der Waals surface area (Å²) in [5.74, 6) is -0.335. The average molecular weight is 374 g/mol. The van der Waals surface area contributed by atoms with E-state index < -0.39 is 0 Å². The highest BCUT2D eigenvalue weighted by Crippen LogP contribution is 2.25. The molecule has 0 radical (unpaired) electrons. The van der Waals surface area contributed by atoms with Crippen LogP contribution >= 0.6 is 22.9 Å². The Morgan fingerprint density at radius 3 is 2.80 bits per heavy atom. The van der Waals surface area contributed by atoms with Crippen LogP contribution in [-0.4, -0.2) is 29.6 Å². The quantitative estimate of drug-likeness (QED) is 0.699. The van der Waals surface area contributed by atoms with E-state index in [9.17, 15) is 4.79 Å². The lowest BCUT2D eigenvalue weighted by Crippen LogP contribution is -2.13. The minimum Gasteiger partial charge on any atom is -0.384 e. The SMILES string of the molecule is COCCc1ccc(-c2csc(NC(=O)c3cc(Cl)ccn3)n2)cc1. The molecule has 0 atom stereocenters. The van der Waals surface area contributed by atoms with Crippen LogP contribution in [0.1, 0.15) is 16.1 Å². The first kappa shape index (κ1) is 17.5. The van der Waals surface area contributed by atoms with E-state index in [0.29, 0.717) is 16.8 Å². The van der Waals surface area contributed by atoms with Crippen LogP contribution in [0.2, 0.25) is 5.02 Å². The molecule has 1 aromatic carbocycles. The maximum Gasteiger partial charge on any atom is 0.276 e. The molecule has 7 heteroatoms. The van der Waals surface area contributed by atoms with Gasteiger partial charge in [0.2, 0.25) is 0 Å². The van der Waals surface area contributed by atoms with E-state index in [1.807, 2.05) is 17.5 Å². The van der Waals surface area contributed by atoms with Crippen LogP contribution in [0.4, 0.5) is 5.13 Å². The summed E-state index contributed by atoms with van der Waals surface area (Å²) >= 11 is 7.25. The molecule has 128 valence electrons. The fraction of sp³-hybridized carbons (Fsp3) is 0.167. The molecule has 1 N–H and O–H groups in total. The number of aromatic nitrogens is 2. The molecule has 25 heavy (non-hydrogen) atoms. The van der Waals surface area contributed by atoms with Crippen molar-refractivity contribution in [1.82, 2.24) is 9.97 Å². The second-order valence-electron chi connectivity index (χ2n) is 5.29. The lowest BCUT2D eigenvalue weighted by Gasteiger charge is -2.02. The number of amides is 1. The van der Waals surface area contributed by atoms with Gasteiger partial charge in [0.15, 0.2) is 5.13 Å². The van der Waals surface area contributed by atoms with Crippen LogP contribution in [0.5, 0.6) is 0 Å². The van der Waals surface area contributed by atoms with Gasteiger partial charge in [-0.3, -0.25) is 15.1 Å². The number of carbonyl (C=O) groups is 1. The minimum atomic E-state index is -0.335. The highest BCUT2D eigenvalue weighted by atomic mass is 35.5. The Morgan fingerprint density at radius 2 is 2.08 bits per heavy atom. The number of rotatable bonds is 6. The van der Waals surface area contributed by atoms with Crippen molar-refractivity contribution in [2.24, 2.45) is 0 Å². The number of benzene rings is 1. The summed E-state index contributed by atoms with van der Waals surface area (Å²) in [4.78, 5) is 20.6. The van der Waals surface area contributed by atoms with Crippen molar-refractivity contribution in [2.75, 3.05) is 19.0 Å². The third-order valence-electron chi connectivity index (χ3n) is 3.52. The summed E-state index contributed by atoms with van der Waals surface area (Å²) in [6, 6.07) is 11.3. The van der Waals surface area contributed by atoms with Gasteiger partial charge in [-0.05, 0) is 24.1 Å². The van der Waals surface area contributed by atoms with E-state index in [2.05, 4.69) is 27.4 Å². The number of ether oxygens (including phenoxy) is 1. The van der Waals surface area contributed by atoms with Crippen LogP contribution in [0, 0.1) is 0 Å². The van der Waals surface area contributed by atoms with Crippen molar-refractivity contribution in [3.05, 3.63) is 64.3 Å². The number of thiazole rings is 1. The van der Waals surface area contributed by atoms with Gasteiger partial charge in [-0.2, -0.15) is 0 Å². The molecule has 0 saturated heterocycles. The zero-order chi connectivity index (χ0) is 17.6. The first-order chi connectivity index (χ1) is 12.2. The van der Waals surface area contributed by atoms with Gasteiger partial charge in [-0.15, -0.1) is 11.3 Å². The fourth-order valence-corrected chi connectivity index (χ4v) is 3.09. The molecule has 2 heterocycles. The molecule has 0 aliphatic heterocycles. The van der Waals surface area contributed by atoms with Crippen molar-refractivity contribution in [1.29, 1.82) is 0 Å². The molecule has 1 amide bonds. The number of nitrogens with one attached hydrogen (secondary N) is 1. The zero-order valence-electron chi connectivity index (χ0n) is 13.5. The first-order valence-corrected chi connectivity index (χ1v) is 8.88. The first-order valence-electron chi connectivity index (χ1n) is 7.62. The number of carbonyl (C=O) groups excluding carboxylic acids is 1. The predicted octanol–water partition coefficient (Wildman–Crippen LogP) is 4.30. The summed E-state index contributed by atoms with van der Waals surface area (Å²) in [5, 5.41) is 5.64. The summed E-state index contributed by atoms with van der Waals surface area (Å²) in [6.07, 6.45) is 2.37. The fourth-order valence-electron chi connectivity index (χ4n) is 2.22. The Kier molecular flexibility index (Phi) is 5.75. The predicted molar refractivity (Wildman–Crippen MR) is 100 cm³/mol. The monoisotopic (exact) mass is 373 g/mol. The Hall–Kier alpha value is -2.28. The summed E-state index contributed by atoms with van der Waals surface area (Å²) < 4.78 is 5.08.